The molecule has 0 saturated heterocycles. The second-order valence-corrected chi connectivity index (χ2v) is 3.80. The number of hydrogen-bond donors (Lipinski definition) is 1. The van der Waals surface area contributed by atoms with Crippen molar-refractivity contribution in [3.63, 3.8) is 0 Å². The monoisotopic (exact) mass is 228 g/mol. The van der Waals surface area contributed by atoms with Gasteiger partial charge in [-0.15, -0.1) is 0 Å². The fourth-order valence-corrected chi connectivity index (χ4v) is 1.56. The molecule has 0 unspecified atom stereocenters. The average molecular weight is 228 g/mol. The first-order valence-corrected chi connectivity index (χ1v) is 5.69. The highest BCUT2D eigenvalue weighted by Crippen LogP contribution is 2.12. The summed E-state index contributed by atoms with van der Waals surface area (Å²) in [6.07, 6.45) is 4.48. The molecule has 17 heavy (non-hydrogen) atoms. The van der Waals surface area contributed by atoms with Crippen LogP contribution in [0.15, 0.2) is 48.8 Å². The number of aromatic nitrogens is 1. The molecule has 0 bridgehead atoms. The normalized spacial score (nSPS) is 10.2. The van der Waals surface area contributed by atoms with Gasteiger partial charge in [-0.05, 0) is 35.4 Å². The van der Waals surface area contributed by atoms with Crippen molar-refractivity contribution < 1.29 is 4.74 Å². The number of nitrogens with zero attached hydrogens (tertiary/aromatic N) is 1. The van der Waals surface area contributed by atoms with Gasteiger partial charge < -0.3 is 10.5 Å². The quantitative estimate of drug-likeness (QED) is 0.853. The largest absolute Gasteiger partial charge is 0.493 e. The molecule has 0 radical (unpaired) electrons. The van der Waals surface area contributed by atoms with E-state index in [0.717, 1.165) is 17.7 Å². The van der Waals surface area contributed by atoms with Crippen LogP contribution in [0.5, 0.6) is 5.75 Å². The fraction of sp³-hybridized carbons (Fsp3) is 0.214. The molecule has 0 spiro atoms. The van der Waals surface area contributed by atoms with Crippen LogP contribution < -0.4 is 10.5 Å². The number of rotatable bonds is 5. The highest BCUT2D eigenvalue weighted by atomic mass is 16.5. The van der Waals surface area contributed by atoms with E-state index in [4.69, 9.17) is 10.5 Å². The lowest BCUT2D eigenvalue weighted by Gasteiger charge is -2.06. The summed E-state index contributed by atoms with van der Waals surface area (Å²) in [4.78, 5) is 3.98. The van der Waals surface area contributed by atoms with Gasteiger partial charge in [0.1, 0.15) is 5.75 Å². The van der Waals surface area contributed by atoms with Gasteiger partial charge in [-0.3, -0.25) is 4.98 Å². The van der Waals surface area contributed by atoms with Crippen molar-refractivity contribution in [3.05, 3.63) is 59.9 Å². The summed E-state index contributed by atoms with van der Waals surface area (Å²) >= 11 is 0. The SMILES string of the molecule is NCc1ccc(OCCc2ccncc2)cc1. The molecule has 3 nitrogen and oxygen atoms in total. The molecular formula is C14H16N2O. The summed E-state index contributed by atoms with van der Waals surface area (Å²) in [5, 5.41) is 0. The van der Waals surface area contributed by atoms with Crippen LogP contribution in [-0.4, -0.2) is 11.6 Å². The van der Waals surface area contributed by atoms with Gasteiger partial charge in [0.2, 0.25) is 0 Å². The lowest BCUT2D eigenvalue weighted by molar-refractivity contribution is 0.322. The molecule has 0 fully saturated rings. The van der Waals surface area contributed by atoms with E-state index in [1.165, 1.54) is 5.56 Å². The summed E-state index contributed by atoms with van der Waals surface area (Å²) in [5.41, 5.74) is 7.88. The molecule has 1 aromatic heterocycles. The fourth-order valence-electron chi connectivity index (χ4n) is 1.56. The Balaban J connectivity index is 1.82. The van der Waals surface area contributed by atoms with Crippen LogP contribution in [-0.2, 0) is 13.0 Å². The van der Waals surface area contributed by atoms with Crippen molar-refractivity contribution in [1.82, 2.24) is 4.98 Å². The van der Waals surface area contributed by atoms with E-state index in [2.05, 4.69) is 4.98 Å². The minimum atomic E-state index is 0.567. The van der Waals surface area contributed by atoms with Crippen molar-refractivity contribution in [3.8, 4) is 5.75 Å². The number of hydrogen-bond acceptors (Lipinski definition) is 3. The van der Waals surface area contributed by atoms with Gasteiger partial charge in [-0.2, -0.15) is 0 Å². The Morgan fingerprint density at radius 2 is 1.65 bits per heavy atom. The smallest absolute Gasteiger partial charge is 0.119 e. The Morgan fingerprint density at radius 1 is 0.941 bits per heavy atom. The zero-order valence-corrected chi connectivity index (χ0v) is 9.67. The summed E-state index contributed by atoms with van der Waals surface area (Å²) in [7, 11) is 0. The molecule has 2 N–H and O–H groups in total. The Labute approximate surface area is 101 Å². The minimum absolute atomic E-state index is 0.567. The Morgan fingerprint density at radius 3 is 2.29 bits per heavy atom. The topological polar surface area (TPSA) is 48.1 Å². The molecular weight excluding hydrogens is 212 g/mol. The summed E-state index contributed by atoms with van der Waals surface area (Å²) in [6, 6.07) is 11.9. The number of nitrogens with two attached hydrogens (primary N) is 1. The number of benzene rings is 1. The van der Waals surface area contributed by atoms with Crippen LogP contribution in [0.3, 0.4) is 0 Å². The second kappa shape index (κ2) is 6.01. The first kappa shape index (κ1) is 11.6. The molecule has 0 aliphatic rings. The molecule has 2 rings (SSSR count). The van der Waals surface area contributed by atoms with Crippen LogP contribution in [0.4, 0.5) is 0 Å². The Bertz CT molecular complexity index is 440. The zero-order valence-electron chi connectivity index (χ0n) is 9.67. The summed E-state index contributed by atoms with van der Waals surface area (Å²) < 4.78 is 5.65. The molecule has 88 valence electrons. The van der Waals surface area contributed by atoms with Gasteiger partial charge in [0.15, 0.2) is 0 Å². The van der Waals surface area contributed by atoms with Crippen molar-refractivity contribution in [2.45, 2.75) is 13.0 Å². The Kier molecular flexibility index (Phi) is 4.11. The van der Waals surface area contributed by atoms with E-state index < -0.39 is 0 Å². The maximum atomic E-state index is 5.65. The van der Waals surface area contributed by atoms with Crippen molar-refractivity contribution in [2.24, 2.45) is 5.73 Å². The summed E-state index contributed by atoms with van der Waals surface area (Å²) in [6.45, 7) is 1.24. The van der Waals surface area contributed by atoms with E-state index in [9.17, 15) is 0 Å². The first-order valence-electron chi connectivity index (χ1n) is 5.69. The zero-order chi connectivity index (χ0) is 11.9. The minimum Gasteiger partial charge on any atom is -0.493 e. The van der Waals surface area contributed by atoms with Gasteiger partial charge in [-0.1, -0.05) is 12.1 Å². The predicted octanol–water partition coefficient (Wildman–Crippen LogP) is 2.16. The Hall–Kier alpha value is -1.87. The van der Waals surface area contributed by atoms with Crippen molar-refractivity contribution >= 4 is 0 Å². The number of ether oxygens (including phenoxy) is 1. The van der Waals surface area contributed by atoms with Gasteiger partial charge in [0.05, 0.1) is 6.61 Å². The predicted molar refractivity (Wildman–Crippen MR) is 67.8 cm³/mol. The highest BCUT2D eigenvalue weighted by Gasteiger charge is 1.95. The number of pyridine rings is 1. The maximum absolute atomic E-state index is 5.65. The lowest BCUT2D eigenvalue weighted by Crippen LogP contribution is -2.02. The third kappa shape index (κ3) is 3.57. The van der Waals surface area contributed by atoms with Gasteiger partial charge >= 0.3 is 0 Å². The lowest BCUT2D eigenvalue weighted by atomic mass is 10.2. The average Bonchev–Trinajstić information content (AvgIpc) is 2.41. The van der Waals surface area contributed by atoms with Crippen LogP contribution in [0, 0.1) is 0 Å². The second-order valence-electron chi connectivity index (χ2n) is 3.80. The first-order chi connectivity index (χ1) is 8.38. The summed E-state index contributed by atoms with van der Waals surface area (Å²) in [5.74, 6) is 0.885. The van der Waals surface area contributed by atoms with E-state index in [0.29, 0.717) is 13.2 Å². The van der Waals surface area contributed by atoms with Crippen molar-refractivity contribution in [1.29, 1.82) is 0 Å². The molecule has 1 aromatic carbocycles. The molecule has 0 amide bonds. The highest BCUT2D eigenvalue weighted by molar-refractivity contribution is 5.27. The van der Waals surface area contributed by atoms with Gasteiger partial charge in [-0.25, -0.2) is 0 Å². The van der Waals surface area contributed by atoms with Gasteiger partial charge in [0.25, 0.3) is 0 Å². The molecule has 2 aromatic rings. The van der Waals surface area contributed by atoms with Crippen molar-refractivity contribution in [2.75, 3.05) is 6.61 Å². The molecule has 0 atom stereocenters. The van der Waals surface area contributed by atoms with Crippen LogP contribution in [0.1, 0.15) is 11.1 Å². The van der Waals surface area contributed by atoms with Crippen LogP contribution in [0.25, 0.3) is 0 Å². The molecule has 1 heterocycles. The maximum Gasteiger partial charge on any atom is 0.119 e. The van der Waals surface area contributed by atoms with E-state index in [1.807, 2.05) is 36.4 Å². The van der Waals surface area contributed by atoms with E-state index in [-0.39, 0.29) is 0 Å². The molecule has 0 saturated carbocycles. The van der Waals surface area contributed by atoms with Gasteiger partial charge in [0, 0.05) is 25.4 Å². The van der Waals surface area contributed by atoms with Crippen LogP contribution >= 0.6 is 0 Å². The molecule has 0 aliphatic carbocycles. The standard InChI is InChI=1S/C14H16N2O/c15-11-13-1-3-14(4-2-13)17-10-7-12-5-8-16-9-6-12/h1-6,8-9H,7,10-11,15H2. The van der Waals surface area contributed by atoms with Crippen LogP contribution in [0.2, 0.25) is 0 Å². The molecule has 3 heteroatoms. The third-order valence-electron chi connectivity index (χ3n) is 2.57. The molecule has 0 aliphatic heterocycles. The van der Waals surface area contributed by atoms with E-state index in [1.54, 1.807) is 12.4 Å². The van der Waals surface area contributed by atoms with E-state index >= 15 is 0 Å². The third-order valence-corrected chi connectivity index (χ3v) is 2.57.